The number of amides is 1. The van der Waals surface area contributed by atoms with Gasteiger partial charge in [0.15, 0.2) is 11.5 Å². The second-order valence-corrected chi connectivity index (χ2v) is 7.30. The minimum Gasteiger partial charge on any atom is -0.465 e. The van der Waals surface area contributed by atoms with Gasteiger partial charge in [-0.3, -0.25) is 4.40 Å². The van der Waals surface area contributed by atoms with Crippen molar-refractivity contribution in [3.8, 4) is 11.5 Å². The van der Waals surface area contributed by atoms with Crippen LogP contribution in [0, 0.1) is 0 Å². The van der Waals surface area contributed by atoms with E-state index in [4.69, 9.17) is 10.1 Å². The molecule has 0 bridgehead atoms. The highest BCUT2D eigenvalue weighted by Gasteiger charge is 2.31. The molecule has 2 N–H and O–H groups in total. The molecule has 1 saturated heterocycles. The number of carbonyl (C=O) groups is 1. The fourth-order valence-electron chi connectivity index (χ4n) is 3.97. The maximum atomic E-state index is 14.6. The number of piperidine rings is 1. The number of aromatic nitrogens is 4. The zero-order chi connectivity index (χ0) is 20.7. The maximum Gasteiger partial charge on any atom is 0.404 e. The van der Waals surface area contributed by atoms with Gasteiger partial charge >= 0.3 is 6.09 Å². The first-order valence-corrected chi connectivity index (χ1v) is 9.68. The van der Waals surface area contributed by atoms with Crippen molar-refractivity contribution in [2.45, 2.75) is 18.6 Å². The molecule has 5 rings (SSSR count). The van der Waals surface area contributed by atoms with E-state index in [1.165, 1.54) is 0 Å². The zero-order valence-electron chi connectivity index (χ0n) is 15.9. The van der Waals surface area contributed by atoms with Gasteiger partial charge in [-0.2, -0.15) is 0 Å². The lowest BCUT2D eigenvalue weighted by Gasteiger charge is -2.36. The van der Waals surface area contributed by atoms with Crippen molar-refractivity contribution in [1.29, 1.82) is 0 Å². The first kappa shape index (κ1) is 18.3. The molecule has 1 fully saturated rings. The highest BCUT2D eigenvalue weighted by atomic mass is 19.1. The van der Waals surface area contributed by atoms with Crippen molar-refractivity contribution < 1.29 is 14.3 Å². The number of fused-ring (bicyclic) bond motifs is 2. The van der Waals surface area contributed by atoms with Crippen LogP contribution >= 0.6 is 0 Å². The third-order valence-corrected chi connectivity index (χ3v) is 5.43. The van der Waals surface area contributed by atoms with Crippen molar-refractivity contribution in [2.24, 2.45) is 0 Å². The fraction of sp³-hybridized carbons (Fsp3) is 0.238. The molecule has 3 aromatic heterocycles. The minimum absolute atomic E-state index is 0.101. The topological polar surface area (TPSA) is 95.7 Å². The molecule has 152 valence electrons. The van der Waals surface area contributed by atoms with Gasteiger partial charge < -0.3 is 15.3 Å². The second-order valence-electron chi connectivity index (χ2n) is 7.30. The van der Waals surface area contributed by atoms with Gasteiger partial charge in [0.25, 0.3) is 0 Å². The summed E-state index contributed by atoms with van der Waals surface area (Å²) in [4.78, 5) is 17.6. The van der Waals surface area contributed by atoms with Gasteiger partial charge in [-0.15, -0.1) is 10.2 Å². The average Bonchev–Trinajstić information content (AvgIpc) is 3.18. The van der Waals surface area contributed by atoms with Gasteiger partial charge in [-0.25, -0.2) is 14.2 Å². The van der Waals surface area contributed by atoms with Crippen LogP contribution in [0.2, 0.25) is 0 Å². The van der Waals surface area contributed by atoms with Crippen LogP contribution in [0.4, 0.5) is 14.9 Å². The first-order chi connectivity index (χ1) is 14.6. The van der Waals surface area contributed by atoms with Crippen LogP contribution in [0.5, 0.6) is 0 Å². The number of nitrogens with zero attached hydrogens (tertiary/aromatic N) is 5. The first-order valence-electron chi connectivity index (χ1n) is 9.68. The number of rotatable bonds is 3. The summed E-state index contributed by atoms with van der Waals surface area (Å²) in [7, 11) is 0. The van der Waals surface area contributed by atoms with Crippen LogP contribution in [-0.2, 0) is 0 Å². The standard InChI is InChI=1S/C21H19FN6O2/c22-14-12-27(11-9-15(14)24-21(29)30)17-5-3-4-13-7-8-16(23-19(13)17)20-26-25-18-6-1-2-10-28(18)20/h1-8,10,14-15,24H,9,11-12H2,(H,29,30). The van der Waals surface area contributed by atoms with Crippen LogP contribution in [0.1, 0.15) is 6.42 Å². The highest BCUT2D eigenvalue weighted by Crippen LogP contribution is 2.30. The molecular weight excluding hydrogens is 387 g/mol. The van der Waals surface area contributed by atoms with Gasteiger partial charge in [0.2, 0.25) is 0 Å². The van der Waals surface area contributed by atoms with Gasteiger partial charge in [0, 0.05) is 18.1 Å². The van der Waals surface area contributed by atoms with Crippen molar-refractivity contribution in [1.82, 2.24) is 24.9 Å². The molecule has 0 saturated carbocycles. The Morgan fingerprint density at radius 3 is 2.87 bits per heavy atom. The third kappa shape index (κ3) is 3.18. The Kier molecular flexibility index (Phi) is 4.42. The summed E-state index contributed by atoms with van der Waals surface area (Å²) in [6, 6.07) is 14.6. The summed E-state index contributed by atoms with van der Waals surface area (Å²) < 4.78 is 16.5. The predicted molar refractivity (Wildman–Crippen MR) is 110 cm³/mol. The third-order valence-electron chi connectivity index (χ3n) is 5.43. The molecule has 0 radical (unpaired) electrons. The number of alkyl halides is 1. The molecule has 2 atom stereocenters. The molecule has 0 spiro atoms. The lowest BCUT2D eigenvalue weighted by atomic mass is 10.0. The van der Waals surface area contributed by atoms with E-state index < -0.39 is 18.3 Å². The van der Waals surface area contributed by atoms with Crippen molar-refractivity contribution in [2.75, 3.05) is 18.0 Å². The van der Waals surface area contributed by atoms with Crippen molar-refractivity contribution in [3.05, 3.63) is 54.7 Å². The summed E-state index contributed by atoms with van der Waals surface area (Å²) in [6.07, 6.45) is -0.226. The summed E-state index contributed by atoms with van der Waals surface area (Å²) >= 11 is 0. The lowest BCUT2D eigenvalue weighted by molar-refractivity contribution is 0.168. The average molecular weight is 406 g/mol. The monoisotopic (exact) mass is 406 g/mol. The molecular formula is C21H19FN6O2. The maximum absolute atomic E-state index is 14.6. The molecule has 4 heterocycles. The molecule has 4 aromatic rings. The highest BCUT2D eigenvalue weighted by molar-refractivity contribution is 5.92. The number of para-hydroxylation sites is 1. The molecule has 1 aliphatic heterocycles. The molecule has 2 unspecified atom stereocenters. The number of nitrogens with one attached hydrogen (secondary N) is 1. The van der Waals surface area contributed by atoms with Gasteiger partial charge in [-0.1, -0.05) is 24.3 Å². The largest absolute Gasteiger partial charge is 0.465 e. The molecule has 1 amide bonds. The number of hydrogen-bond acceptors (Lipinski definition) is 5. The van der Waals surface area contributed by atoms with E-state index in [0.29, 0.717) is 24.5 Å². The molecule has 9 heteroatoms. The Bertz CT molecular complexity index is 1240. The Labute approximate surface area is 171 Å². The predicted octanol–water partition coefficient (Wildman–Crippen LogP) is 3.13. The van der Waals surface area contributed by atoms with Gasteiger partial charge in [0.05, 0.1) is 23.8 Å². The number of pyridine rings is 2. The van der Waals surface area contributed by atoms with E-state index in [9.17, 15) is 9.18 Å². The van der Waals surface area contributed by atoms with Crippen LogP contribution in [0.25, 0.3) is 28.1 Å². The quantitative estimate of drug-likeness (QED) is 0.543. The lowest BCUT2D eigenvalue weighted by Crippen LogP contribution is -2.52. The van der Waals surface area contributed by atoms with Gasteiger partial charge in [0.1, 0.15) is 11.9 Å². The number of anilines is 1. The molecule has 1 aromatic carbocycles. The molecule has 8 nitrogen and oxygen atoms in total. The smallest absolute Gasteiger partial charge is 0.404 e. The normalized spacial score (nSPS) is 19.3. The Hall–Kier alpha value is -3.75. The molecule has 0 aliphatic carbocycles. The van der Waals surface area contributed by atoms with E-state index in [2.05, 4.69) is 15.5 Å². The second kappa shape index (κ2) is 7.25. The fourth-order valence-corrected chi connectivity index (χ4v) is 3.97. The summed E-state index contributed by atoms with van der Waals surface area (Å²) in [6.45, 7) is 0.633. The van der Waals surface area contributed by atoms with Crippen LogP contribution in [-0.4, -0.2) is 56.1 Å². The van der Waals surface area contributed by atoms with Crippen LogP contribution in [0.15, 0.2) is 54.7 Å². The number of halogens is 1. The van der Waals surface area contributed by atoms with Crippen molar-refractivity contribution >= 4 is 28.3 Å². The van der Waals surface area contributed by atoms with E-state index in [-0.39, 0.29) is 6.54 Å². The Balaban J connectivity index is 1.52. The van der Waals surface area contributed by atoms with Gasteiger partial charge in [-0.05, 0) is 30.7 Å². The van der Waals surface area contributed by atoms with E-state index >= 15 is 0 Å². The van der Waals surface area contributed by atoms with E-state index in [1.807, 2.05) is 64.0 Å². The van der Waals surface area contributed by atoms with Crippen molar-refractivity contribution in [3.63, 3.8) is 0 Å². The Morgan fingerprint density at radius 2 is 2.03 bits per heavy atom. The summed E-state index contributed by atoms with van der Waals surface area (Å²) in [5, 5.41) is 20.6. The summed E-state index contributed by atoms with van der Waals surface area (Å²) in [5.41, 5.74) is 2.97. The SMILES string of the molecule is O=C(O)NC1CCN(c2cccc3ccc(-c4nnc5ccccn45)nc23)CC1F. The van der Waals surface area contributed by atoms with Crippen LogP contribution in [0.3, 0.4) is 0 Å². The number of benzene rings is 1. The number of hydrogen-bond donors (Lipinski definition) is 2. The van der Waals surface area contributed by atoms with E-state index in [0.717, 1.165) is 22.2 Å². The Morgan fingerprint density at radius 1 is 1.13 bits per heavy atom. The molecule has 1 aliphatic rings. The van der Waals surface area contributed by atoms with E-state index in [1.54, 1.807) is 0 Å². The minimum atomic E-state index is -1.30. The molecule has 30 heavy (non-hydrogen) atoms. The number of carboxylic acid groups (broad SMARTS) is 1. The van der Waals surface area contributed by atoms with Crippen LogP contribution < -0.4 is 10.2 Å². The summed E-state index contributed by atoms with van der Waals surface area (Å²) in [5.74, 6) is 0.634. The zero-order valence-corrected chi connectivity index (χ0v) is 15.9.